The largest absolute Gasteiger partial charge is 0.316 e. The van der Waals surface area contributed by atoms with Gasteiger partial charge in [0.1, 0.15) is 11.1 Å². The molecule has 0 fully saturated rings. The fourth-order valence-corrected chi connectivity index (χ4v) is 3.14. The van der Waals surface area contributed by atoms with Crippen LogP contribution in [0.25, 0.3) is 0 Å². The Bertz CT molecular complexity index is 540. The molecule has 102 valence electrons. The first-order valence-corrected chi connectivity index (χ1v) is 7.38. The summed E-state index contributed by atoms with van der Waals surface area (Å²) < 4.78 is 0. The fraction of sp³-hybridized carbons (Fsp3) is 0.571. The van der Waals surface area contributed by atoms with Crippen LogP contribution in [0, 0.1) is 16.7 Å². The zero-order chi connectivity index (χ0) is 14.0. The van der Waals surface area contributed by atoms with E-state index >= 15 is 0 Å². The molecule has 1 aromatic rings. The number of nitrogens with zero attached hydrogens (tertiary/aromatic N) is 1. The van der Waals surface area contributed by atoms with Crippen LogP contribution in [0.5, 0.6) is 0 Å². The minimum absolute atomic E-state index is 0.0157. The number of carbonyl (C=O) groups excluding carboxylic acids is 1. The lowest BCUT2D eigenvalue weighted by molar-refractivity contribution is -0.124. The van der Waals surface area contributed by atoms with Crippen molar-refractivity contribution in [1.29, 1.82) is 5.26 Å². The molecular weight excluding hydrogens is 258 g/mol. The highest BCUT2D eigenvalue weighted by Gasteiger charge is 2.28. The van der Waals surface area contributed by atoms with E-state index in [1.165, 1.54) is 16.2 Å². The van der Waals surface area contributed by atoms with Gasteiger partial charge in [0, 0.05) is 16.8 Å². The molecule has 19 heavy (non-hydrogen) atoms. The van der Waals surface area contributed by atoms with Crippen molar-refractivity contribution in [1.82, 2.24) is 5.32 Å². The third kappa shape index (κ3) is 2.65. The second kappa shape index (κ2) is 5.32. The van der Waals surface area contributed by atoms with Gasteiger partial charge in [-0.2, -0.15) is 5.26 Å². The van der Waals surface area contributed by atoms with Crippen molar-refractivity contribution in [3.05, 3.63) is 16.0 Å². The SMILES string of the molecule is CCC(C)(C)C(=O)Nc1sc2c(c1C#N)CCNC2. The third-order valence-corrected chi connectivity index (χ3v) is 4.91. The molecule has 0 unspecified atom stereocenters. The minimum atomic E-state index is -0.407. The predicted molar refractivity (Wildman–Crippen MR) is 77.1 cm³/mol. The molecule has 1 amide bonds. The number of amides is 1. The molecule has 0 saturated carbocycles. The zero-order valence-corrected chi connectivity index (χ0v) is 12.4. The summed E-state index contributed by atoms with van der Waals surface area (Å²) in [6, 6.07) is 2.25. The van der Waals surface area contributed by atoms with Crippen LogP contribution >= 0.6 is 11.3 Å². The Morgan fingerprint density at radius 2 is 2.32 bits per heavy atom. The Hall–Kier alpha value is -1.38. The predicted octanol–water partition coefficient (Wildman–Crippen LogP) is 2.64. The topological polar surface area (TPSA) is 64.9 Å². The minimum Gasteiger partial charge on any atom is -0.316 e. The van der Waals surface area contributed by atoms with Crippen molar-refractivity contribution in [3.63, 3.8) is 0 Å². The zero-order valence-electron chi connectivity index (χ0n) is 11.6. The van der Waals surface area contributed by atoms with Crippen LogP contribution < -0.4 is 10.6 Å². The summed E-state index contributed by atoms with van der Waals surface area (Å²) in [5.74, 6) is -0.0157. The fourth-order valence-electron chi connectivity index (χ4n) is 1.97. The number of nitriles is 1. The maximum atomic E-state index is 12.2. The molecule has 1 aliphatic rings. The van der Waals surface area contributed by atoms with Crippen LogP contribution in [-0.4, -0.2) is 12.5 Å². The summed E-state index contributed by atoms with van der Waals surface area (Å²) in [5.41, 5.74) is 1.35. The summed E-state index contributed by atoms with van der Waals surface area (Å²) in [5, 5.41) is 16.3. The van der Waals surface area contributed by atoms with Gasteiger partial charge in [0.2, 0.25) is 5.91 Å². The number of hydrogen-bond donors (Lipinski definition) is 2. The summed E-state index contributed by atoms with van der Waals surface area (Å²) in [6.07, 6.45) is 1.63. The Labute approximate surface area is 117 Å². The number of anilines is 1. The molecule has 2 rings (SSSR count). The van der Waals surface area contributed by atoms with Crippen LogP contribution in [0.4, 0.5) is 5.00 Å². The monoisotopic (exact) mass is 277 g/mol. The van der Waals surface area contributed by atoms with Crippen molar-refractivity contribution in [3.8, 4) is 6.07 Å². The lowest BCUT2D eigenvalue weighted by Gasteiger charge is -2.20. The highest BCUT2D eigenvalue weighted by Crippen LogP contribution is 2.36. The third-order valence-electron chi connectivity index (χ3n) is 3.77. The molecule has 0 atom stereocenters. The summed E-state index contributed by atoms with van der Waals surface area (Å²) >= 11 is 1.52. The number of thiophene rings is 1. The average molecular weight is 277 g/mol. The van der Waals surface area contributed by atoms with E-state index in [-0.39, 0.29) is 5.91 Å². The molecule has 5 heteroatoms. The van der Waals surface area contributed by atoms with Gasteiger partial charge in [-0.1, -0.05) is 20.8 Å². The molecule has 1 aromatic heterocycles. The maximum absolute atomic E-state index is 12.2. The van der Waals surface area contributed by atoms with Gasteiger partial charge < -0.3 is 10.6 Å². The second-order valence-corrected chi connectivity index (χ2v) is 6.54. The van der Waals surface area contributed by atoms with Crippen LogP contribution in [0.3, 0.4) is 0 Å². The van der Waals surface area contributed by atoms with Crippen LogP contribution in [0.1, 0.15) is 43.2 Å². The number of carbonyl (C=O) groups is 1. The molecule has 2 heterocycles. The summed E-state index contributed by atoms with van der Waals surface area (Å²) in [4.78, 5) is 13.4. The first-order chi connectivity index (χ1) is 8.99. The van der Waals surface area contributed by atoms with E-state index in [4.69, 9.17) is 0 Å². The van der Waals surface area contributed by atoms with Crippen molar-refractivity contribution < 1.29 is 4.79 Å². The Balaban J connectivity index is 2.29. The first-order valence-electron chi connectivity index (χ1n) is 6.56. The van der Waals surface area contributed by atoms with Gasteiger partial charge >= 0.3 is 0 Å². The highest BCUT2D eigenvalue weighted by atomic mass is 32.1. The van der Waals surface area contributed by atoms with Gasteiger partial charge in [-0.25, -0.2) is 0 Å². The van der Waals surface area contributed by atoms with Crippen molar-refractivity contribution in [2.75, 3.05) is 11.9 Å². The van der Waals surface area contributed by atoms with E-state index in [0.717, 1.165) is 31.5 Å². The van der Waals surface area contributed by atoms with Gasteiger partial charge in [0.05, 0.1) is 5.56 Å². The van der Waals surface area contributed by atoms with E-state index < -0.39 is 5.41 Å². The molecule has 0 spiro atoms. The lowest BCUT2D eigenvalue weighted by atomic mass is 9.89. The molecule has 0 bridgehead atoms. The Morgan fingerprint density at radius 1 is 1.58 bits per heavy atom. The van der Waals surface area contributed by atoms with Gasteiger partial charge in [-0.3, -0.25) is 4.79 Å². The molecule has 0 aliphatic carbocycles. The van der Waals surface area contributed by atoms with Crippen molar-refractivity contribution in [2.24, 2.45) is 5.41 Å². The molecule has 0 aromatic carbocycles. The molecule has 1 aliphatic heterocycles. The first kappa shape index (κ1) is 14.0. The van der Waals surface area contributed by atoms with E-state index in [9.17, 15) is 10.1 Å². The Kier molecular flexibility index (Phi) is 3.93. The maximum Gasteiger partial charge on any atom is 0.230 e. The number of fused-ring (bicyclic) bond motifs is 1. The van der Waals surface area contributed by atoms with E-state index in [1.54, 1.807) is 0 Å². The standard InChI is InChI=1S/C14H19N3OS/c1-4-14(2,3)13(18)17-12-10(7-15)9-5-6-16-8-11(9)19-12/h16H,4-6,8H2,1-3H3,(H,17,18). The normalized spacial score (nSPS) is 14.6. The molecular formula is C14H19N3OS. The molecule has 0 saturated heterocycles. The van der Waals surface area contributed by atoms with E-state index in [2.05, 4.69) is 16.7 Å². The van der Waals surface area contributed by atoms with Crippen LogP contribution in [-0.2, 0) is 17.8 Å². The Morgan fingerprint density at radius 3 is 2.95 bits per heavy atom. The van der Waals surface area contributed by atoms with Crippen LogP contribution in [0.15, 0.2) is 0 Å². The van der Waals surface area contributed by atoms with Gasteiger partial charge in [-0.05, 0) is 24.9 Å². The number of nitrogens with one attached hydrogen (secondary N) is 2. The average Bonchev–Trinajstić information content (AvgIpc) is 2.75. The summed E-state index contributed by atoms with van der Waals surface area (Å²) in [7, 11) is 0. The van der Waals surface area contributed by atoms with E-state index in [1.807, 2.05) is 20.8 Å². The molecule has 0 radical (unpaired) electrons. The smallest absolute Gasteiger partial charge is 0.230 e. The van der Waals surface area contributed by atoms with E-state index in [0.29, 0.717) is 10.6 Å². The van der Waals surface area contributed by atoms with Gasteiger partial charge in [-0.15, -0.1) is 11.3 Å². The lowest BCUT2D eigenvalue weighted by Crippen LogP contribution is -2.29. The van der Waals surface area contributed by atoms with Gasteiger partial charge in [0.25, 0.3) is 0 Å². The molecule has 2 N–H and O–H groups in total. The summed E-state index contributed by atoms with van der Waals surface area (Å²) in [6.45, 7) is 7.52. The molecule has 4 nitrogen and oxygen atoms in total. The van der Waals surface area contributed by atoms with Crippen molar-refractivity contribution >= 4 is 22.2 Å². The van der Waals surface area contributed by atoms with Crippen molar-refractivity contribution in [2.45, 2.75) is 40.2 Å². The van der Waals surface area contributed by atoms with Crippen LogP contribution in [0.2, 0.25) is 0 Å². The quantitative estimate of drug-likeness (QED) is 0.892. The number of rotatable bonds is 3. The van der Waals surface area contributed by atoms with Gasteiger partial charge in [0.15, 0.2) is 0 Å². The number of hydrogen-bond acceptors (Lipinski definition) is 4. The second-order valence-electron chi connectivity index (χ2n) is 5.44. The highest BCUT2D eigenvalue weighted by molar-refractivity contribution is 7.16.